The molecule has 1 aliphatic heterocycles. The van der Waals surface area contributed by atoms with Gasteiger partial charge in [-0.3, -0.25) is 4.79 Å². The molecule has 2 rings (SSSR count). The Labute approximate surface area is 84.1 Å². The normalized spacial score (nSPS) is 39.8. The van der Waals surface area contributed by atoms with Crippen LogP contribution in [0.5, 0.6) is 0 Å². The lowest BCUT2D eigenvalue weighted by Crippen LogP contribution is -2.30. The SMILES string of the molecule is C=CCOC(=O)[C@@H]1C[C@@H]2O[C@@H]2C[C@@H]1C. The van der Waals surface area contributed by atoms with E-state index in [4.69, 9.17) is 9.47 Å². The van der Waals surface area contributed by atoms with Gasteiger partial charge < -0.3 is 9.47 Å². The van der Waals surface area contributed by atoms with Crippen LogP contribution in [0.4, 0.5) is 0 Å². The Kier molecular flexibility index (Phi) is 2.59. The van der Waals surface area contributed by atoms with Crippen molar-refractivity contribution < 1.29 is 14.3 Å². The topological polar surface area (TPSA) is 38.8 Å². The zero-order chi connectivity index (χ0) is 10.1. The van der Waals surface area contributed by atoms with Crippen LogP contribution in [0.2, 0.25) is 0 Å². The second-order valence-electron chi connectivity index (χ2n) is 4.19. The van der Waals surface area contributed by atoms with Crippen LogP contribution in [0.15, 0.2) is 12.7 Å². The van der Waals surface area contributed by atoms with Crippen molar-refractivity contribution in [3.8, 4) is 0 Å². The van der Waals surface area contributed by atoms with E-state index in [1.165, 1.54) is 0 Å². The van der Waals surface area contributed by atoms with E-state index in [2.05, 4.69) is 13.5 Å². The molecule has 0 unspecified atom stereocenters. The molecule has 0 aromatic rings. The second-order valence-corrected chi connectivity index (χ2v) is 4.19. The molecule has 2 aliphatic rings. The summed E-state index contributed by atoms with van der Waals surface area (Å²) >= 11 is 0. The number of fused-ring (bicyclic) bond motifs is 1. The highest BCUT2D eigenvalue weighted by molar-refractivity contribution is 5.73. The monoisotopic (exact) mass is 196 g/mol. The number of carbonyl (C=O) groups excluding carboxylic acids is 1. The molecule has 14 heavy (non-hydrogen) atoms. The summed E-state index contributed by atoms with van der Waals surface area (Å²) in [5.41, 5.74) is 0. The summed E-state index contributed by atoms with van der Waals surface area (Å²) in [7, 11) is 0. The molecule has 0 aromatic heterocycles. The largest absolute Gasteiger partial charge is 0.461 e. The maximum absolute atomic E-state index is 11.6. The summed E-state index contributed by atoms with van der Waals surface area (Å²) in [5, 5.41) is 0. The number of ether oxygens (including phenoxy) is 2. The van der Waals surface area contributed by atoms with E-state index in [0.29, 0.717) is 24.7 Å². The molecule has 0 N–H and O–H groups in total. The molecule has 0 aromatic carbocycles. The van der Waals surface area contributed by atoms with E-state index in [-0.39, 0.29) is 11.9 Å². The molecule has 78 valence electrons. The lowest BCUT2D eigenvalue weighted by atomic mass is 9.80. The lowest BCUT2D eigenvalue weighted by molar-refractivity contribution is -0.149. The van der Waals surface area contributed by atoms with Crippen molar-refractivity contribution in [2.75, 3.05) is 6.61 Å². The van der Waals surface area contributed by atoms with Gasteiger partial charge in [-0.05, 0) is 18.8 Å². The second kappa shape index (κ2) is 3.73. The summed E-state index contributed by atoms with van der Waals surface area (Å²) in [6.07, 6.45) is 4.18. The first-order chi connectivity index (χ1) is 6.72. The average Bonchev–Trinajstić information content (AvgIpc) is 2.90. The van der Waals surface area contributed by atoms with Crippen molar-refractivity contribution in [1.82, 2.24) is 0 Å². The standard InChI is InChI=1S/C11H16O3/c1-3-4-13-11(12)8-6-10-9(14-10)5-7(8)2/h3,7-10H,1,4-6H2,2H3/t7-,8+,9+,10-/m0/s1. The molecule has 1 aliphatic carbocycles. The molecule has 0 amide bonds. The number of carbonyl (C=O) groups is 1. The molecule has 1 heterocycles. The van der Waals surface area contributed by atoms with Gasteiger partial charge in [0.15, 0.2) is 0 Å². The first-order valence-electron chi connectivity index (χ1n) is 5.15. The minimum atomic E-state index is -0.0913. The van der Waals surface area contributed by atoms with Gasteiger partial charge in [0.1, 0.15) is 6.61 Å². The molecule has 0 spiro atoms. The van der Waals surface area contributed by atoms with Gasteiger partial charge in [-0.25, -0.2) is 0 Å². The third-order valence-corrected chi connectivity index (χ3v) is 3.11. The van der Waals surface area contributed by atoms with Gasteiger partial charge in [-0.15, -0.1) is 0 Å². The van der Waals surface area contributed by atoms with Crippen molar-refractivity contribution in [1.29, 1.82) is 0 Å². The van der Waals surface area contributed by atoms with Gasteiger partial charge in [-0.2, -0.15) is 0 Å². The number of epoxide rings is 1. The van der Waals surface area contributed by atoms with E-state index < -0.39 is 0 Å². The average molecular weight is 196 g/mol. The van der Waals surface area contributed by atoms with Crippen LogP contribution < -0.4 is 0 Å². The third-order valence-electron chi connectivity index (χ3n) is 3.11. The Morgan fingerprint density at radius 1 is 1.57 bits per heavy atom. The van der Waals surface area contributed by atoms with Crippen LogP contribution in [0.3, 0.4) is 0 Å². The van der Waals surface area contributed by atoms with Gasteiger partial charge in [0.2, 0.25) is 0 Å². The Balaban J connectivity index is 1.88. The molecular formula is C11H16O3. The van der Waals surface area contributed by atoms with Crippen LogP contribution in [0.1, 0.15) is 19.8 Å². The zero-order valence-corrected chi connectivity index (χ0v) is 8.44. The first kappa shape index (κ1) is 9.71. The first-order valence-corrected chi connectivity index (χ1v) is 5.15. The fourth-order valence-corrected chi connectivity index (χ4v) is 2.18. The summed E-state index contributed by atoms with van der Waals surface area (Å²) < 4.78 is 10.5. The van der Waals surface area contributed by atoms with Gasteiger partial charge >= 0.3 is 5.97 Å². The number of hydrogen-bond acceptors (Lipinski definition) is 3. The van der Waals surface area contributed by atoms with Crippen molar-refractivity contribution in [3.63, 3.8) is 0 Å². The molecule has 0 bridgehead atoms. The molecule has 1 saturated carbocycles. The summed E-state index contributed by atoms with van der Waals surface area (Å²) in [6.45, 7) is 5.93. The fourth-order valence-electron chi connectivity index (χ4n) is 2.18. The molecule has 3 heteroatoms. The van der Waals surface area contributed by atoms with Gasteiger partial charge in [0.05, 0.1) is 18.1 Å². The molecule has 1 saturated heterocycles. The van der Waals surface area contributed by atoms with Gasteiger partial charge in [-0.1, -0.05) is 19.6 Å². The molecule has 2 fully saturated rings. The van der Waals surface area contributed by atoms with E-state index in [1.54, 1.807) is 6.08 Å². The minimum Gasteiger partial charge on any atom is -0.461 e. The molecule has 3 nitrogen and oxygen atoms in total. The quantitative estimate of drug-likeness (QED) is 0.390. The summed E-state index contributed by atoms with van der Waals surface area (Å²) in [4.78, 5) is 11.6. The predicted molar refractivity (Wildman–Crippen MR) is 51.7 cm³/mol. The molecule has 0 radical (unpaired) electrons. The third kappa shape index (κ3) is 1.82. The molecular weight excluding hydrogens is 180 g/mol. The lowest BCUT2D eigenvalue weighted by Gasteiger charge is -2.23. The van der Waals surface area contributed by atoms with Crippen LogP contribution in [-0.2, 0) is 14.3 Å². The van der Waals surface area contributed by atoms with E-state index in [9.17, 15) is 4.79 Å². The van der Waals surface area contributed by atoms with E-state index >= 15 is 0 Å². The highest BCUT2D eigenvalue weighted by Gasteiger charge is 2.49. The van der Waals surface area contributed by atoms with E-state index in [1.807, 2.05) is 0 Å². The maximum atomic E-state index is 11.6. The maximum Gasteiger partial charge on any atom is 0.309 e. The van der Waals surface area contributed by atoms with Crippen LogP contribution in [0.25, 0.3) is 0 Å². The zero-order valence-electron chi connectivity index (χ0n) is 8.44. The van der Waals surface area contributed by atoms with Crippen molar-refractivity contribution in [2.24, 2.45) is 11.8 Å². The summed E-state index contributed by atoms with van der Waals surface area (Å²) in [5.74, 6) is 0.320. The Morgan fingerprint density at radius 3 is 3.00 bits per heavy atom. The van der Waals surface area contributed by atoms with Crippen molar-refractivity contribution >= 4 is 5.97 Å². The van der Waals surface area contributed by atoms with Crippen molar-refractivity contribution in [2.45, 2.75) is 32.0 Å². The predicted octanol–water partition coefficient (Wildman–Crippen LogP) is 1.53. The number of hydrogen-bond donors (Lipinski definition) is 0. The fraction of sp³-hybridized carbons (Fsp3) is 0.727. The number of rotatable bonds is 3. The van der Waals surface area contributed by atoms with Gasteiger partial charge in [0, 0.05) is 0 Å². The van der Waals surface area contributed by atoms with Crippen LogP contribution in [-0.4, -0.2) is 24.8 Å². The number of esters is 1. The highest BCUT2D eigenvalue weighted by atomic mass is 16.6. The summed E-state index contributed by atoms with van der Waals surface area (Å²) in [6, 6.07) is 0. The van der Waals surface area contributed by atoms with E-state index in [0.717, 1.165) is 12.8 Å². The van der Waals surface area contributed by atoms with Crippen LogP contribution in [0, 0.1) is 11.8 Å². The van der Waals surface area contributed by atoms with Gasteiger partial charge in [0.25, 0.3) is 0 Å². The molecule has 4 atom stereocenters. The highest BCUT2D eigenvalue weighted by Crippen LogP contribution is 2.42. The van der Waals surface area contributed by atoms with Crippen LogP contribution >= 0.6 is 0 Å². The Bertz CT molecular complexity index is 249. The van der Waals surface area contributed by atoms with Crippen molar-refractivity contribution in [3.05, 3.63) is 12.7 Å². The smallest absolute Gasteiger partial charge is 0.309 e. The minimum absolute atomic E-state index is 0.0266. The Morgan fingerprint density at radius 2 is 2.29 bits per heavy atom. The Hall–Kier alpha value is -0.830.